The Kier molecular flexibility index (Phi) is 37.5. The van der Waals surface area contributed by atoms with Crippen molar-refractivity contribution in [1.29, 1.82) is 0 Å². The molecule has 2 aromatic rings. The molecule has 0 aliphatic heterocycles. The summed E-state index contributed by atoms with van der Waals surface area (Å²) in [5, 5.41) is 2.38. The molecule has 0 fully saturated rings. The average Bonchev–Trinajstić information content (AvgIpc) is 3.37. The molecule has 0 bridgehead atoms. The number of hydrogen-bond donors (Lipinski definition) is 0. The van der Waals surface area contributed by atoms with Crippen LogP contribution >= 0.6 is 0 Å². The predicted octanol–water partition coefficient (Wildman–Crippen LogP) is 21.8. The first-order chi connectivity index (χ1) is 36.9. The molecule has 0 aliphatic carbocycles. The number of hydrogen-bond acceptors (Lipinski definition) is 6. The lowest BCUT2D eigenvalue weighted by Crippen LogP contribution is -2.68. The molecule has 14 heteroatoms. The van der Waals surface area contributed by atoms with E-state index in [1.165, 1.54) is 203 Å². The Labute approximate surface area is 495 Å². The highest BCUT2D eigenvalue weighted by Gasteiger charge is 2.55. The summed E-state index contributed by atoms with van der Waals surface area (Å²) < 4.78 is 46.4. The van der Waals surface area contributed by atoms with Crippen LogP contribution in [0.2, 0.25) is 115 Å². The van der Waals surface area contributed by atoms with Gasteiger partial charge in [0.2, 0.25) is 0 Å². The van der Waals surface area contributed by atoms with Crippen LogP contribution in [0.25, 0.3) is 0 Å². The summed E-state index contributed by atoms with van der Waals surface area (Å²) in [6, 6.07) is 29.1. The number of unbranched alkanes of at least 4 members (excludes halogenated alkanes) is 25. The zero-order chi connectivity index (χ0) is 57.9. The molecule has 0 spiro atoms. The summed E-state index contributed by atoms with van der Waals surface area (Å²) in [6.45, 7) is 38.7. The van der Waals surface area contributed by atoms with Gasteiger partial charge in [-0.25, -0.2) is 0 Å². The van der Waals surface area contributed by atoms with Crippen LogP contribution in [-0.2, 0) is 24.7 Å². The Morgan fingerprint density at radius 3 is 0.538 bits per heavy atom. The maximum Gasteiger partial charge on any atom is 0.505 e. The van der Waals surface area contributed by atoms with Gasteiger partial charge in [0.1, 0.15) is 0 Å². The second-order valence-corrected chi connectivity index (χ2v) is 60.1. The van der Waals surface area contributed by atoms with Crippen molar-refractivity contribution in [3.63, 3.8) is 0 Å². The first-order valence-corrected chi connectivity index (χ1v) is 55.4. The minimum atomic E-state index is -3.27. The molecule has 0 amide bonds. The lowest BCUT2D eigenvalue weighted by atomic mass is 10.1. The van der Waals surface area contributed by atoms with Crippen LogP contribution in [0.3, 0.4) is 0 Å². The first-order valence-electron chi connectivity index (χ1n) is 33.2. The quantitative estimate of drug-likeness (QED) is 0.0486. The Balaban J connectivity index is 2.23. The summed E-state index contributed by atoms with van der Waals surface area (Å²) in [5.74, 6) is 0. The molecule has 78 heavy (non-hydrogen) atoms. The van der Waals surface area contributed by atoms with Gasteiger partial charge >= 0.3 is 17.6 Å². The van der Waals surface area contributed by atoms with Gasteiger partial charge in [-0.3, -0.25) is 0 Å². The van der Waals surface area contributed by atoms with Crippen molar-refractivity contribution >= 4 is 77.9 Å². The van der Waals surface area contributed by atoms with Crippen LogP contribution in [0.5, 0.6) is 0 Å². The maximum absolute atomic E-state index is 7.77. The minimum Gasteiger partial charge on any atom is -0.413 e. The van der Waals surface area contributed by atoms with Crippen LogP contribution in [0.4, 0.5) is 0 Å². The smallest absolute Gasteiger partial charge is 0.413 e. The largest absolute Gasteiger partial charge is 0.505 e. The SMILES string of the molecule is CCCCCCCC[Si](C)(C)O[Si](O[Si](C)(C)CCCCCCCC)(O[Si](C)(C)CCCCCCCC[Si](C)(C)O[Si](O[Si](C)(C)CCCCCCCC)(O[Si](C)(C)CCCCCCCC)c1ccccc1)c1ccccc1. The van der Waals surface area contributed by atoms with E-state index in [0.717, 1.165) is 36.3 Å². The summed E-state index contributed by atoms with van der Waals surface area (Å²) in [7, 11) is -19.5. The van der Waals surface area contributed by atoms with Gasteiger partial charge in [-0.1, -0.05) is 281 Å². The van der Waals surface area contributed by atoms with E-state index in [-0.39, 0.29) is 0 Å². The zero-order valence-corrected chi connectivity index (χ0v) is 62.7. The lowest BCUT2D eigenvalue weighted by Gasteiger charge is -2.45. The van der Waals surface area contributed by atoms with Crippen LogP contribution in [0, 0.1) is 0 Å². The van der Waals surface area contributed by atoms with Gasteiger partial charge in [-0.2, -0.15) is 0 Å². The fourth-order valence-corrected chi connectivity index (χ4v) is 45.2. The van der Waals surface area contributed by atoms with Gasteiger partial charge in [-0.15, -0.1) is 0 Å². The molecule has 0 saturated heterocycles. The zero-order valence-electron chi connectivity index (χ0n) is 54.7. The third-order valence-corrected chi connectivity index (χ3v) is 47.2. The molecule has 2 rings (SSSR count). The van der Waals surface area contributed by atoms with Crippen LogP contribution in [-0.4, -0.2) is 67.5 Å². The normalized spacial score (nSPS) is 13.5. The van der Waals surface area contributed by atoms with E-state index in [1.807, 2.05) is 0 Å². The molecule has 0 radical (unpaired) electrons. The van der Waals surface area contributed by atoms with Crippen LogP contribution in [0.1, 0.15) is 220 Å². The Morgan fingerprint density at radius 1 is 0.218 bits per heavy atom. The fraction of sp³-hybridized carbons (Fsp3) is 0.812. The fourth-order valence-electron chi connectivity index (χ4n) is 11.4. The van der Waals surface area contributed by atoms with E-state index in [9.17, 15) is 0 Å². The van der Waals surface area contributed by atoms with Crippen molar-refractivity contribution in [3.05, 3.63) is 60.7 Å². The predicted molar refractivity (Wildman–Crippen MR) is 365 cm³/mol. The van der Waals surface area contributed by atoms with Gasteiger partial charge in [0.25, 0.3) is 0 Å². The van der Waals surface area contributed by atoms with E-state index in [1.54, 1.807) is 0 Å². The molecule has 0 atom stereocenters. The second kappa shape index (κ2) is 39.5. The summed E-state index contributed by atoms with van der Waals surface area (Å²) in [5.41, 5.74) is 0. The Hall–Kier alpha value is -0.0649. The maximum atomic E-state index is 7.77. The Bertz CT molecular complexity index is 1580. The van der Waals surface area contributed by atoms with E-state index in [0.29, 0.717) is 0 Å². The van der Waals surface area contributed by atoms with Gasteiger partial charge in [0, 0.05) is 10.4 Å². The minimum absolute atomic E-state index is 1.14. The number of benzene rings is 2. The molecule has 6 nitrogen and oxygen atoms in total. The summed E-state index contributed by atoms with van der Waals surface area (Å²) in [6.07, 6.45) is 38.9. The molecule has 454 valence electrons. The average molecular weight is 1220 g/mol. The monoisotopic (exact) mass is 1220 g/mol. The summed E-state index contributed by atoms with van der Waals surface area (Å²) in [4.78, 5) is 0. The highest BCUT2D eigenvalue weighted by Crippen LogP contribution is 2.35. The van der Waals surface area contributed by atoms with E-state index in [2.05, 4.69) is 167 Å². The van der Waals surface area contributed by atoms with Crippen LogP contribution < -0.4 is 10.4 Å². The molecular weight excluding hydrogens is 1090 g/mol. The standard InChI is InChI=1S/C64H130O6Si8/c1-17-21-25-29-35-47-57-71(5,6)65-77(63-53-43-41-44-54-63,66-72(7,8)58-48-36-30-26-22-18-2)69-75(13,14)61-51-39-33-34-40-52-62-76(15,16)70-78(64-55-45-42-46-56-64,67-73(9,10)59-49-37-31-27-23-19-3)68-74(11,12)60-50-38-32-28-24-20-4/h41-46,53-56H,17-40,47-52,57-62H2,1-16H3. The van der Waals surface area contributed by atoms with Crippen LogP contribution in [0.15, 0.2) is 60.7 Å². The molecule has 0 aliphatic rings. The molecule has 0 heterocycles. The van der Waals surface area contributed by atoms with Crippen molar-refractivity contribution in [2.75, 3.05) is 0 Å². The van der Waals surface area contributed by atoms with Crippen molar-refractivity contribution in [2.45, 2.75) is 335 Å². The number of rotatable bonds is 51. The lowest BCUT2D eigenvalue weighted by molar-refractivity contribution is 0.264. The molecule has 0 saturated carbocycles. The van der Waals surface area contributed by atoms with Crippen molar-refractivity contribution in [3.8, 4) is 0 Å². The highest BCUT2D eigenvalue weighted by molar-refractivity contribution is 6.97. The molecule has 2 aromatic carbocycles. The highest BCUT2D eigenvalue weighted by atomic mass is 28.5. The van der Waals surface area contributed by atoms with Gasteiger partial charge in [0.05, 0.1) is 0 Å². The first kappa shape index (κ1) is 74.0. The van der Waals surface area contributed by atoms with E-state index >= 15 is 0 Å². The van der Waals surface area contributed by atoms with Gasteiger partial charge in [-0.05, 0) is 115 Å². The third-order valence-electron chi connectivity index (χ3n) is 16.1. The Morgan fingerprint density at radius 2 is 0.372 bits per heavy atom. The van der Waals surface area contributed by atoms with Crippen molar-refractivity contribution in [1.82, 2.24) is 0 Å². The van der Waals surface area contributed by atoms with E-state index < -0.39 is 67.5 Å². The molecular formula is C64H130O6Si8. The second-order valence-electron chi connectivity index (χ2n) is 27.7. The molecule has 0 aromatic heterocycles. The van der Waals surface area contributed by atoms with E-state index in [4.69, 9.17) is 24.7 Å². The third kappa shape index (κ3) is 33.4. The van der Waals surface area contributed by atoms with Gasteiger partial charge in [0.15, 0.2) is 49.9 Å². The topological polar surface area (TPSA) is 55.4 Å². The summed E-state index contributed by atoms with van der Waals surface area (Å²) >= 11 is 0. The molecule has 0 unspecified atom stereocenters. The molecule has 0 N–H and O–H groups in total. The van der Waals surface area contributed by atoms with Gasteiger partial charge < -0.3 is 24.7 Å². The van der Waals surface area contributed by atoms with Crippen molar-refractivity contribution < 1.29 is 24.7 Å². The van der Waals surface area contributed by atoms with Crippen molar-refractivity contribution in [2.24, 2.45) is 0 Å².